The van der Waals surface area contributed by atoms with Crippen molar-refractivity contribution in [3.63, 3.8) is 0 Å². The lowest BCUT2D eigenvalue weighted by molar-refractivity contribution is 0.667. The Morgan fingerprint density at radius 1 is 0.354 bits per heavy atom. The highest BCUT2D eigenvalue weighted by Crippen LogP contribution is 2.43. The van der Waals surface area contributed by atoms with E-state index in [-0.39, 0.29) is 0 Å². The van der Waals surface area contributed by atoms with Gasteiger partial charge in [-0.25, -0.2) is 9.97 Å². The van der Waals surface area contributed by atoms with Gasteiger partial charge in [-0.1, -0.05) is 133 Å². The number of benzene rings is 7. The van der Waals surface area contributed by atoms with Gasteiger partial charge >= 0.3 is 0 Å². The van der Waals surface area contributed by atoms with Crippen molar-refractivity contribution in [1.82, 2.24) is 9.97 Å². The summed E-state index contributed by atoms with van der Waals surface area (Å²) in [5, 5.41) is 5.10. The molecule has 0 aliphatic rings. The third-order valence-electron chi connectivity index (χ3n) is 9.29. The van der Waals surface area contributed by atoms with Gasteiger partial charge in [0.05, 0.1) is 0 Å². The van der Waals surface area contributed by atoms with Crippen LogP contribution in [0, 0.1) is 0 Å². The minimum Gasteiger partial charge on any atom is -0.455 e. The van der Waals surface area contributed by atoms with Crippen LogP contribution in [0.3, 0.4) is 0 Å². The Morgan fingerprint density at radius 3 is 1.81 bits per heavy atom. The first-order valence-electron chi connectivity index (χ1n) is 16.1. The number of aromatic nitrogens is 2. The summed E-state index contributed by atoms with van der Waals surface area (Å²) in [5.41, 5.74) is 11.1. The molecule has 0 aliphatic carbocycles. The van der Waals surface area contributed by atoms with Crippen LogP contribution < -0.4 is 0 Å². The molecule has 4 nitrogen and oxygen atoms in total. The lowest BCUT2D eigenvalue weighted by atomic mass is 9.98. The molecule has 224 valence electrons. The first-order chi connectivity index (χ1) is 23.8. The largest absolute Gasteiger partial charge is 0.455 e. The summed E-state index contributed by atoms with van der Waals surface area (Å²) in [5.74, 6) is 0.640. The van der Waals surface area contributed by atoms with Crippen molar-refractivity contribution in [2.24, 2.45) is 0 Å². The zero-order valence-electron chi connectivity index (χ0n) is 25.7. The van der Waals surface area contributed by atoms with Crippen molar-refractivity contribution in [3.05, 3.63) is 158 Å². The predicted molar refractivity (Wildman–Crippen MR) is 196 cm³/mol. The molecule has 0 amide bonds. The molecule has 10 rings (SSSR count). The maximum absolute atomic E-state index is 6.75. The smallest absolute Gasteiger partial charge is 0.180 e. The van der Waals surface area contributed by atoms with Gasteiger partial charge < -0.3 is 8.83 Å². The van der Waals surface area contributed by atoms with Gasteiger partial charge in [0, 0.05) is 38.2 Å². The van der Waals surface area contributed by atoms with Crippen molar-refractivity contribution < 1.29 is 8.83 Å². The number of rotatable bonds is 4. The molecule has 0 unspecified atom stereocenters. The fourth-order valence-electron chi connectivity index (χ4n) is 7.03. The number of nitrogens with zero attached hydrogens (tertiary/aromatic N) is 2. The fourth-order valence-corrected chi connectivity index (χ4v) is 7.03. The molecule has 3 aromatic heterocycles. The summed E-state index contributed by atoms with van der Waals surface area (Å²) in [4.78, 5) is 10.6. The van der Waals surface area contributed by atoms with Crippen molar-refractivity contribution in [2.75, 3.05) is 0 Å². The molecule has 0 aliphatic heterocycles. The van der Waals surface area contributed by atoms with Crippen LogP contribution in [0.25, 0.3) is 99.7 Å². The van der Waals surface area contributed by atoms with Crippen LogP contribution in [-0.4, -0.2) is 9.97 Å². The van der Waals surface area contributed by atoms with Gasteiger partial charge in [-0.2, -0.15) is 0 Å². The highest BCUT2D eigenvalue weighted by Gasteiger charge is 2.22. The number of hydrogen-bond acceptors (Lipinski definition) is 4. The van der Waals surface area contributed by atoms with E-state index in [2.05, 4.69) is 127 Å². The van der Waals surface area contributed by atoms with E-state index in [4.69, 9.17) is 18.8 Å². The molecule has 0 saturated heterocycles. The third kappa shape index (κ3) is 4.10. The zero-order valence-corrected chi connectivity index (χ0v) is 25.7. The first kappa shape index (κ1) is 26.7. The van der Waals surface area contributed by atoms with E-state index < -0.39 is 0 Å². The van der Waals surface area contributed by atoms with Crippen LogP contribution in [0.15, 0.2) is 167 Å². The predicted octanol–water partition coefficient (Wildman–Crippen LogP) is 12.1. The molecular formula is C44H26N2O2. The summed E-state index contributed by atoms with van der Waals surface area (Å²) >= 11 is 0. The van der Waals surface area contributed by atoms with Crippen molar-refractivity contribution >= 4 is 54.8 Å². The van der Waals surface area contributed by atoms with Crippen molar-refractivity contribution in [1.29, 1.82) is 0 Å². The quantitative estimate of drug-likeness (QED) is 0.198. The van der Waals surface area contributed by atoms with Gasteiger partial charge in [0.15, 0.2) is 11.4 Å². The molecule has 0 bridgehead atoms. The van der Waals surface area contributed by atoms with Gasteiger partial charge in [0.25, 0.3) is 0 Å². The second-order valence-electron chi connectivity index (χ2n) is 12.1. The van der Waals surface area contributed by atoms with Gasteiger partial charge in [0.1, 0.15) is 28.0 Å². The number of fused-ring (bicyclic) bond motifs is 8. The molecule has 3 heterocycles. The molecule has 48 heavy (non-hydrogen) atoms. The molecule has 10 aromatic rings. The maximum Gasteiger partial charge on any atom is 0.180 e. The summed E-state index contributed by atoms with van der Waals surface area (Å²) < 4.78 is 13.2. The van der Waals surface area contributed by atoms with Crippen LogP contribution in [0.1, 0.15) is 0 Å². The van der Waals surface area contributed by atoms with Crippen molar-refractivity contribution in [2.45, 2.75) is 0 Å². The lowest BCUT2D eigenvalue weighted by Gasteiger charge is -2.10. The summed E-state index contributed by atoms with van der Waals surface area (Å²) in [6.45, 7) is 0. The van der Waals surface area contributed by atoms with Crippen LogP contribution in [0.5, 0.6) is 0 Å². The Balaban J connectivity index is 1.27. The molecule has 0 atom stereocenters. The fraction of sp³-hybridized carbons (Fsp3) is 0. The average molecular weight is 615 g/mol. The van der Waals surface area contributed by atoms with E-state index in [1.54, 1.807) is 0 Å². The molecule has 0 fully saturated rings. The van der Waals surface area contributed by atoms with E-state index in [0.717, 1.165) is 88.3 Å². The molecular weight excluding hydrogens is 588 g/mol. The van der Waals surface area contributed by atoms with Gasteiger partial charge in [-0.3, -0.25) is 0 Å². The highest BCUT2D eigenvalue weighted by atomic mass is 16.3. The molecule has 0 radical (unpaired) electrons. The minimum atomic E-state index is 0.640. The second-order valence-corrected chi connectivity index (χ2v) is 12.1. The highest BCUT2D eigenvalue weighted by molar-refractivity contribution is 6.20. The number of furan rings is 2. The van der Waals surface area contributed by atoms with Crippen LogP contribution in [0.4, 0.5) is 0 Å². The maximum atomic E-state index is 6.75. The Labute approximate surface area is 275 Å². The molecule has 0 N–H and O–H groups in total. The summed E-state index contributed by atoms with van der Waals surface area (Å²) in [7, 11) is 0. The van der Waals surface area contributed by atoms with Gasteiger partial charge in [0.2, 0.25) is 0 Å². The van der Waals surface area contributed by atoms with Gasteiger partial charge in [-0.05, 0) is 46.3 Å². The molecule has 4 heteroatoms. The van der Waals surface area contributed by atoms with E-state index in [1.807, 2.05) is 30.3 Å². The van der Waals surface area contributed by atoms with Crippen molar-refractivity contribution in [3.8, 4) is 44.9 Å². The number of para-hydroxylation sites is 2. The second kappa shape index (κ2) is 10.5. The van der Waals surface area contributed by atoms with Gasteiger partial charge in [-0.15, -0.1) is 0 Å². The SMILES string of the molecule is c1ccc(-c2cccc(-c3nc(-c4cc5c6cccc(-c7ccccc7)c6oc5c5ccccc45)nc4c3oc3ccccc34)c2)cc1. The topological polar surface area (TPSA) is 52.1 Å². The third-order valence-corrected chi connectivity index (χ3v) is 9.29. The average Bonchev–Trinajstić information content (AvgIpc) is 3.74. The van der Waals surface area contributed by atoms with E-state index >= 15 is 0 Å². The molecule has 0 saturated carbocycles. The van der Waals surface area contributed by atoms with E-state index in [1.165, 1.54) is 0 Å². The first-order valence-corrected chi connectivity index (χ1v) is 16.1. The zero-order chi connectivity index (χ0) is 31.6. The lowest BCUT2D eigenvalue weighted by Crippen LogP contribution is -1.95. The Hall–Kier alpha value is -6.52. The van der Waals surface area contributed by atoms with E-state index in [0.29, 0.717) is 11.4 Å². The van der Waals surface area contributed by atoms with Crippen LogP contribution >= 0.6 is 0 Å². The van der Waals surface area contributed by atoms with Crippen LogP contribution in [-0.2, 0) is 0 Å². The molecule has 7 aromatic carbocycles. The monoisotopic (exact) mass is 614 g/mol. The summed E-state index contributed by atoms with van der Waals surface area (Å²) in [6, 6.07) is 54.3. The number of hydrogen-bond donors (Lipinski definition) is 0. The summed E-state index contributed by atoms with van der Waals surface area (Å²) in [6.07, 6.45) is 0. The van der Waals surface area contributed by atoms with Crippen LogP contribution in [0.2, 0.25) is 0 Å². The standard InChI is InChI=1S/C44H26N2O2/c1-3-13-27(14-4-1)29-17-11-18-30(25-29)39-43-40(35-21-9-10-24-38(35)47-43)46-44(45-39)37-26-36-34-23-12-22-31(28-15-5-2-6-16-28)41(34)48-42(36)33-20-8-7-19-32(33)37/h1-26H. The Bertz CT molecular complexity index is 2830. The Kier molecular flexibility index (Phi) is 5.84. The normalized spacial score (nSPS) is 11.8. The minimum absolute atomic E-state index is 0.640. The molecule has 0 spiro atoms. The Morgan fingerprint density at radius 2 is 0.979 bits per heavy atom. The van der Waals surface area contributed by atoms with E-state index in [9.17, 15) is 0 Å².